The first kappa shape index (κ1) is 16.7. The summed E-state index contributed by atoms with van der Waals surface area (Å²) < 4.78 is 29.2. The van der Waals surface area contributed by atoms with Gasteiger partial charge in [-0.15, -0.1) is 0 Å². The molecule has 0 bridgehead atoms. The second-order valence-electron chi connectivity index (χ2n) is 4.25. The molecule has 112 valence electrons. The maximum atomic E-state index is 12.5. The molecular formula is C12H10Br3N3O2S. The number of nitrogen functional groups attached to an aromatic ring is 1. The van der Waals surface area contributed by atoms with Crippen molar-refractivity contribution < 1.29 is 8.42 Å². The zero-order valence-electron chi connectivity index (χ0n) is 10.7. The third kappa shape index (κ3) is 3.77. The molecule has 0 spiro atoms. The average Bonchev–Trinajstić information content (AvgIpc) is 2.36. The number of pyridine rings is 1. The number of aryl methyl sites for hydroxylation is 1. The van der Waals surface area contributed by atoms with Gasteiger partial charge in [0.25, 0.3) is 10.0 Å². The van der Waals surface area contributed by atoms with Gasteiger partial charge in [-0.3, -0.25) is 4.72 Å². The predicted octanol–water partition coefficient (Wildman–Crippen LogP) is 4.06. The molecule has 0 radical (unpaired) electrons. The van der Waals surface area contributed by atoms with Crippen molar-refractivity contribution in [1.29, 1.82) is 0 Å². The zero-order chi connectivity index (χ0) is 15.8. The number of anilines is 2. The molecule has 2 aromatic rings. The van der Waals surface area contributed by atoms with Crippen LogP contribution >= 0.6 is 47.8 Å². The van der Waals surface area contributed by atoms with Gasteiger partial charge in [-0.2, -0.15) is 0 Å². The van der Waals surface area contributed by atoms with E-state index in [1.807, 2.05) is 19.1 Å². The number of nitrogens with one attached hydrogen (secondary N) is 1. The van der Waals surface area contributed by atoms with Crippen LogP contribution < -0.4 is 10.5 Å². The topological polar surface area (TPSA) is 85.1 Å². The molecule has 0 saturated carbocycles. The van der Waals surface area contributed by atoms with Crippen molar-refractivity contribution in [3.63, 3.8) is 0 Å². The van der Waals surface area contributed by atoms with Crippen LogP contribution in [-0.4, -0.2) is 13.4 Å². The number of rotatable bonds is 3. The lowest BCUT2D eigenvalue weighted by molar-refractivity contribution is 0.601. The van der Waals surface area contributed by atoms with E-state index < -0.39 is 10.0 Å². The van der Waals surface area contributed by atoms with Crippen molar-refractivity contribution in [3.8, 4) is 0 Å². The molecule has 3 N–H and O–H groups in total. The molecule has 0 saturated heterocycles. The largest absolute Gasteiger partial charge is 0.383 e. The van der Waals surface area contributed by atoms with Crippen LogP contribution in [0.15, 0.2) is 42.7 Å². The molecule has 0 aliphatic carbocycles. The van der Waals surface area contributed by atoms with Gasteiger partial charge in [0, 0.05) is 19.6 Å². The minimum atomic E-state index is -3.85. The Morgan fingerprint density at radius 2 is 1.71 bits per heavy atom. The fourth-order valence-corrected chi connectivity index (χ4v) is 5.20. The van der Waals surface area contributed by atoms with Gasteiger partial charge in [0.2, 0.25) is 0 Å². The summed E-state index contributed by atoms with van der Waals surface area (Å²) in [6.07, 6.45) is 1.44. The number of hydrogen-bond acceptors (Lipinski definition) is 4. The van der Waals surface area contributed by atoms with Gasteiger partial charge in [-0.05, 0) is 78.5 Å². The molecule has 2 rings (SSSR count). The molecule has 1 aromatic carbocycles. The first-order valence-electron chi connectivity index (χ1n) is 5.60. The van der Waals surface area contributed by atoms with Crippen molar-refractivity contribution in [3.05, 3.63) is 43.4 Å². The lowest BCUT2D eigenvalue weighted by atomic mass is 10.2. The number of hydrogen-bond donors (Lipinski definition) is 2. The van der Waals surface area contributed by atoms with E-state index in [0.717, 1.165) is 5.56 Å². The number of nitrogens with zero attached hydrogens (tertiary/aromatic N) is 1. The highest BCUT2D eigenvalue weighted by Crippen LogP contribution is 2.34. The average molecular weight is 500 g/mol. The van der Waals surface area contributed by atoms with E-state index in [4.69, 9.17) is 5.73 Å². The standard InChI is InChI=1S/C12H10Br3N3O2S/c1-6-2-8(14)11(9(15)3-6)18-21(19,20)10-4-7(13)5-17-12(10)16/h2-5,18H,1H3,(H2,16,17). The number of nitrogens with two attached hydrogens (primary N) is 1. The van der Waals surface area contributed by atoms with Crippen LogP contribution in [0.1, 0.15) is 5.56 Å². The van der Waals surface area contributed by atoms with Crippen molar-refractivity contribution in [2.75, 3.05) is 10.5 Å². The summed E-state index contributed by atoms with van der Waals surface area (Å²) in [6, 6.07) is 5.02. The Morgan fingerprint density at radius 3 is 2.29 bits per heavy atom. The molecular weight excluding hydrogens is 490 g/mol. The molecule has 0 unspecified atom stereocenters. The Labute approximate surface area is 147 Å². The highest BCUT2D eigenvalue weighted by Gasteiger charge is 2.21. The summed E-state index contributed by atoms with van der Waals surface area (Å²) in [5.74, 6) is -0.0648. The maximum absolute atomic E-state index is 12.5. The van der Waals surface area contributed by atoms with Gasteiger partial charge < -0.3 is 5.73 Å². The van der Waals surface area contributed by atoms with Crippen LogP contribution in [0.3, 0.4) is 0 Å². The Balaban J connectivity index is 2.50. The summed E-state index contributed by atoms with van der Waals surface area (Å²) in [5, 5.41) is 0. The first-order valence-corrected chi connectivity index (χ1v) is 9.46. The van der Waals surface area contributed by atoms with E-state index in [-0.39, 0.29) is 10.7 Å². The quantitative estimate of drug-likeness (QED) is 0.667. The van der Waals surface area contributed by atoms with Gasteiger partial charge in [-0.25, -0.2) is 13.4 Å². The van der Waals surface area contributed by atoms with Crippen LogP contribution in [0.2, 0.25) is 0 Å². The van der Waals surface area contributed by atoms with E-state index in [1.54, 1.807) is 0 Å². The molecule has 1 aromatic heterocycles. The van der Waals surface area contributed by atoms with Crippen LogP contribution in [-0.2, 0) is 10.0 Å². The molecule has 0 atom stereocenters. The third-order valence-electron chi connectivity index (χ3n) is 2.56. The molecule has 0 aliphatic rings. The molecule has 0 fully saturated rings. The van der Waals surface area contributed by atoms with Gasteiger partial charge in [0.15, 0.2) is 0 Å². The minimum Gasteiger partial charge on any atom is -0.383 e. The third-order valence-corrected chi connectivity index (χ3v) is 5.62. The smallest absolute Gasteiger partial charge is 0.265 e. The van der Waals surface area contributed by atoms with Crippen molar-refractivity contribution in [2.45, 2.75) is 11.8 Å². The number of benzene rings is 1. The lowest BCUT2D eigenvalue weighted by Gasteiger charge is -2.13. The van der Waals surface area contributed by atoms with E-state index in [9.17, 15) is 8.42 Å². The van der Waals surface area contributed by atoms with Gasteiger partial charge in [0.1, 0.15) is 10.7 Å². The number of aromatic nitrogens is 1. The zero-order valence-corrected chi connectivity index (χ0v) is 16.3. The Bertz CT molecular complexity index is 786. The number of halogens is 3. The monoisotopic (exact) mass is 497 g/mol. The van der Waals surface area contributed by atoms with E-state index in [0.29, 0.717) is 19.1 Å². The van der Waals surface area contributed by atoms with Crippen molar-refractivity contribution >= 4 is 69.3 Å². The molecule has 9 heteroatoms. The maximum Gasteiger partial charge on any atom is 0.265 e. The second kappa shape index (κ2) is 6.23. The summed E-state index contributed by atoms with van der Waals surface area (Å²) >= 11 is 9.87. The van der Waals surface area contributed by atoms with Crippen molar-refractivity contribution in [1.82, 2.24) is 4.98 Å². The normalized spacial score (nSPS) is 11.4. The predicted molar refractivity (Wildman–Crippen MR) is 93.7 cm³/mol. The van der Waals surface area contributed by atoms with Gasteiger partial charge in [-0.1, -0.05) is 0 Å². The van der Waals surface area contributed by atoms with Crippen LogP contribution in [0, 0.1) is 6.92 Å². The molecule has 21 heavy (non-hydrogen) atoms. The fraction of sp³-hybridized carbons (Fsp3) is 0.0833. The van der Waals surface area contributed by atoms with Crippen LogP contribution in [0.25, 0.3) is 0 Å². The minimum absolute atomic E-state index is 0.0648. The Hall–Kier alpha value is -0.640. The molecule has 0 aliphatic heterocycles. The van der Waals surface area contributed by atoms with E-state index in [1.165, 1.54) is 12.3 Å². The fourth-order valence-electron chi connectivity index (χ4n) is 1.63. The molecule has 0 amide bonds. The van der Waals surface area contributed by atoms with Crippen molar-refractivity contribution in [2.24, 2.45) is 0 Å². The summed E-state index contributed by atoms with van der Waals surface area (Å²) in [4.78, 5) is 3.75. The highest BCUT2D eigenvalue weighted by atomic mass is 79.9. The Morgan fingerprint density at radius 1 is 1.14 bits per heavy atom. The SMILES string of the molecule is Cc1cc(Br)c(NS(=O)(=O)c2cc(Br)cnc2N)c(Br)c1. The summed E-state index contributed by atoms with van der Waals surface area (Å²) in [6.45, 7) is 1.91. The lowest BCUT2D eigenvalue weighted by Crippen LogP contribution is -2.16. The van der Waals surface area contributed by atoms with E-state index >= 15 is 0 Å². The van der Waals surface area contributed by atoms with E-state index in [2.05, 4.69) is 57.5 Å². The van der Waals surface area contributed by atoms with Gasteiger partial charge >= 0.3 is 0 Å². The van der Waals surface area contributed by atoms with Crippen LogP contribution in [0.5, 0.6) is 0 Å². The Kier molecular flexibility index (Phi) is 4.96. The number of sulfonamides is 1. The van der Waals surface area contributed by atoms with Crippen LogP contribution in [0.4, 0.5) is 11.5 Å². The first-order chi connectivity index (χ1) is 9.70. The molecule has 1 heterocycles. The summed E-state index contributed by atoms with van der Waals surface area (Å²) in [7, 11) is -3.85. The van der Waals surface area contributed by atoms with Gasteiger partial charge in [0.05, 0.1) is 5.69 Å². The highest BCUT2D eigenvalue weighted by molar-refractivity contribution is 9.11. The molecule has 5 nitrogen and oxygen atoms in total. The second-order valence-corrected chi connectivity index (χ2v) is 8.52. The summed E-state index contributed by atoms with van der Waals surface area (Å²) in [5.41, 5.74) is 7.04.